The van der Waals surface area contributed by atoms with Gasteiger partial charge < -0.3 is 19.8 Å². The molecule has 5 nitrogen and oxygen atoms in total. The van der Waals surface area contributed by atoms with E-state index in [4.69, 9.17) is 9.84 Å². The molecular weight excluding hydrogens is 258 g/mol. The van der Waals surface area contributed by atoms with Crippen molar-refractivity contribution in [2.75, 3.05) is 19.8 Å². The number of carbonyl (C=O) groups is 1. The Bertz CT molecular complexity index is 443. The molecule has 110 valence electrons. The zero-order valence-corrected chi connectivity index (χ0v) is 11.5. The van der Waals surface area contributed by atoms with E-state index in [0.29, 0.717) is 12.3 Å². The molecule has 2 N–H and O–H groups in total. The summed E-state index contributed by atoms with van der Waals surface area (Å²) in [6.45, 7) is 0.181. The first-order valence-electron chi connectivity index (χ1n) is 7.03. The van der Waals surface area contributed by atoms with E-state index in [1.807, 2.05) is 0 Å². The summed E-state index contributed by atoms with van der Waals surface area (Å²) in [7, 11) is 0. The zero-order valence-electron chi connectivity index (χ0n) is 11.5. The fraction of sp³-hybridized carbons (Fsp3) is 0.533. The van der Waals surface area contributed by atoms with Crippen molar-refractivity contribution in [1.29, 1.82) is 0 Å². The molecule has 0 radical (unpaired) electrons. The van der Waals surface area contributed by atoms with Gasteiger partial charge in [-0.05, 0) is 25.0 Å². The van der Waals surface area contributed by atoms with Crippen molar-refractivity contribution in [3.8, 4) is 11.5 Å². The number of benzene rings is 1. The number of nitrogens with zero attached hydrogens (tertiary/aromatic N) is 1. The predicted molar refractivity (Wildman–Crippen MR) is 74.7 cm³/mol. The van der Waals surface area contributed by atoms with E-state index in [0.717, 1.165) is 25.7 Å². The van der Waals surface area contributed by atoms with Gasteiger partial charge in [0.1, 0.15) is 0 Å². The highest BCUT2D eigenvalue weighted by Gasteiger charge is 2.26. The summed E-state index contributed by atoms with van der Waals surface area (Å²) in [6, 6.07) is 6.78. The SMILES string of the molecule is O=C(COc1ccccc1O)N(CCO)C1CCCC1. The number of aliphatic hydroxyl groups is 1. The summed E-state index contributed by atoms with van der Waals surface area (Å²) in [5.74, 6) is 0.181. The van der Waals surface area contributed by atoms with Crippen molar-refractivity contribution in [2.24, 2.45) is 0 Å². The van der Waals surface area contributed by atoms with Crippen molar-refractivity contribution < 1.29 is 19.7 Å². The topological polar surface area (TPSA) is 70.0 Å². The second-order valence-corrected chi connectivity index (χ2v) is 5.01. The summed E-state index contributed by atoms with van der Waals surface area (Å²) < 4.78 is 5.36. The maximum absolute atomic E-state index is 12.2. The van der Waals surface area contributed by atoms with Crippen LogP contribution in [-0.2, 0) is 4.79 Å². The lowest BCUT2D eigenvalue weighted by atomic mass is 10.2. The van der Waals surface area contributed by atoms with Gasteiger partial charge in [0.15, 0.2) is 18.1 Å². The highest BCUT2D eigenvalue weighted by Crippen LogP contribution is 2.26. The summed E-state index contributed by atoms with van der Waals surface area (Å²) in [4.78, 5) is 13.9. The van der Waals surface area contributed by atoms with Gasteiger partial charge in [0, 0.05) is 12.6 Å². The van der Waals surface area contributed by atoms with Crippen LogP contribution in [0.3, 0.4) is 0 Å². The number of phenolic OH excluding ortho intramolecular Hbond substituents is 1. The number of ether oxygens (including phenoxy) is 1. The average molecular weight is 279 g/mol. The molecule has 0 bridgehead atoms. The lowest BCUT2D eigenvalue weighted by Crippen LogP contribution is -2.43. The number of hydrogen-bond donors (Lipinski definition) is 2. The van der Waals surface area contributed by atoms with E-state index in [1.165, 1.54) is 6.07 Å². The fourth-order valence-corrected chi connectivity index (χ4v) is 2.64. The molecule has 1 aromatic carbocycles. The molecular formula is C15H21NO4. The number of amides is 1. The molecule has 1 saturated carbocycles. The molecule has 0 atom stereocenters. The van der Waals surface area contributed by atoms with Gasteiger partial charge in [0.05, 0.1) is 6.61 Å². The van der Waals surface area contributed by atoms with Gasteiger partial charge in [0.2, 0.25) is 0 Å². The Labute approximate surface area is 118 Å². The summed E-state index contributed by atoms with van der Waals surface area (Å²) in [5.41, 5.74) is 0. The van der Waals surface area contributed by atoms with Crippen molar-refractivity contribution in [2.45, 2.75) is 31.7 Å². The summed E-state index contributed by atoms with van der Waals surface area (Å²) >= 11 is 0. The molecule has 20 heavy (non-hydrogen) atoms. The van der Waals surface area contributed by atoms with Crippen LogP contribution in [0.25, 0.3) is 0 Å². The van der Waals surface area contributed by atoms with Crippen LogP contribution in [0.2, 0.25) is 0 Å². The maximum atomic E-state index is 12.2. The number of rotatable bonds is 6. The number of aromatic hydroxyl groups is 1. The van der Waals surface area contributed by atoms with Crippen molar-refractivity contribution >= 4 is 5.91 Å². The molecule has 0 aliphatic heterocycles. The third kappa shape index (κ3) is 3.63. The molecule has 0 spiro atoms. The smallest absolute Gasteiger partial charge is 0.260 e. The van der Waals surface area contributed by atoms with E-state index >= 15 is 0 Å². The van der Waals surface area contributed by atoms with Crippen LogP contribution in [0.4, 0.5) is 0 Å². The quantitative estimate of drug-likeness (QED) is 0.828. The van der Waals surface area contributed by atoms with E-state index < -0.39 is 0 Å². The van der Waals surface area contributed by atoms with Crippen LogP contribution in [0.5, 0.6) is 11.5 Å². The minimum absolute atomic E-state index is 0.0230. The second kappa shape index (κ2) is 7.14. The lowest BCUT2D eigenvalue weighted by Gasteiger charge is -2.28. The minimum atomic E-state index is -0.144. The molecule has 1 aromatic rings. The van der Waals surface area contributed by atoms with Gasteiger partial charge in [0.25, 0.3) is 5.91 Å². The van der Waals surface area contributed by atoms with E-state index in [-0.39, 0.29) is 30.9 Å². The zero-order chi connectivity index (χ0) is 14.4. The van der Waals surface area contributed by atoms with Crippen LogP contribution in [0.15, 0.2) is 24.3 Å². The maximum Gasteiger partial charge on any atom is 0.260 e. The van der Waals surface area contributed by atoms with Crippen LogP contribution in [0, 0.1) is 0 Å². The first kappa shape index (κ1) is 14.7. The monoisotopic (exact) mass is 279 g/mol. The number of hydrogen-bond acceptors (Lipinski definition) is 4. The standard InChI is InChI=1S/C15H21NO4/c17-10-9-16(12-5-1-2-6-12)15(19)11-20-14-8-4-3-7-13(14)18/h3-4,7-8,12,17-18H,1-2,5-6,9-11H2. The van der Waals surface area contributed by atoms with Crippen molar-refractivity contribution in [3.05, 3.63) is 24.3 Å². The van der Waals surface area contributed by atoms with E-state index in [1.54, 1.807) is 23.1 Å². The third-order valence-electron chi connectivity index (χ3n) is 3.64. The van der Waals surface area contributed by atoms with Crippen LogP contribution in [0.1, 0.15) is 25.7 Å². The number of phenols is 1. The number of para-hydroxylation sites is 2. The molecule has 1 amide bonds. The highest BCUT2D eigenvalue weighted by molar-refractivity contribution is 5.78. The molecule has 0 unspecified atom stereocenters. The number of aliphatic hydroxyl groups excluding tert-OH is 1. The average Bonchev–Trinajstić information content (AvgIpc) is 2.97. The Hall–Kier alpha value is -1.75. The molecule has 1 fully saturated rings. The van der Waals surface area contributed by atoms with Gasteiger partial charge >= 0.3 is 0 Å². The van der Waals surface area contributed by atoms with Crippen molar-refractivity contribution in [1.82, 2.24) is 4.90 Å². The molecule has 2 rings (SSSR count). The molecule has 5 heteroatoms. The lowest BCUT2D eigenvalue weighted by molar-refractivity contribution is -0.136. The van der Waals surface area contributed by atoms with E-state index in [2.05, 4.69) is 0 Å². The first-order valence-corrected chi connectivity index (χ1v) is 7.03. The molecule has 0 aromatic heterocycles. The summed E-state index contributed by atoms with van der Waals surface area (Å²) in [5, 5.41) is 18.7. The van der Waals surface area contributed by atoms with Gasteiger partial charge in [-0.3, -0.25) is 4.79 Å². The largest absolute Gasteiger partial charge is 0.504 e. The number of carbonyl (C=O) groups excluding carboxylic acids is 1. The minimum Gasteiger partial charge on any atom is -0.504 e. The molecule has 1 aliphatic rings. The van der Waals surface area contributed by atoms with Gasteiger partial charge in [-0.2, -0.15) is 0 Å². The Morgan fingerprint density at radius 3 is 2.65 bits per heavy atom. The summed E-state index contributed by atoms with van der Waals surface area (Å²) in [6.07, 6.45) is 4.23. The fourth-order valence-electron chi connectivity index (χ4n) is 2.64. The van der Waals surface area contributed by atoms with Crippen LogP contribution < -0.4 is 4.74 Å². The first-order chi connectivity index (χ1) is 9.72. The Kier molecular flexibility index (Phi) is 5.24. The Morgan fingerprint density at radius 1 is 1.30 bits per heavy atom. The normalized spacial score (nSPS) is 15.2. The van der Waals surface area contributed by atoms with Gasteiger partial charge in [-0.15, -0.1) is 0 Å². The molecule has 0 heterocycles. The van der Waals surface area contributed by atoms with Crippen LogP contribution in [-0.4, -0.2) is 46.8 Å². The van der Waals surface area contributed by atoms with E-state index in [9.17, 15) is 9.90 Å². The second-order valence-electron chi connectivity index (χ2n) is 5.01. The van der Waals surface area contributed by atoms with Crippen molar-refractivity contribution in [3.63, 3.8) is 0 Å². The Morgan fingerprint density at radius 2 is 2.00 bits per heavy atom. The Balaban J connectivity index is 1.93. The van der Waals surface area contributed by atoms with Crippen LogP contribution >= 0.6 is 0 Å². The highest BCUT2D eigenvalue weighted by atomic mass is 16.5. The van der Waals surface area contributed by atoms with Gasteiger partial charge in [-0.1, -0.05) is 25.0 Å². The van der Waals surface area contributed by atoms with Gasteiger partial charge in [-0.25, -0.2) is 0 Å². The third-order valence-corrected chi connectivity index (χ3v) is 3.64. The predicted octanol–water partition coefficient (Wildman–Crippen LogP) is 1.53. The molecule has 0 saturated heterocycles. The molecule has 1 aliphatic carbocycles.